The number of nitrogens with two attached hydrogens (primary N) is 2. The van der Waals surface area contributed by atoms with Crippen molar-refractivity contribution >= 4 is 11.6 Å². The van der Waals surface area contributed by atoms with Gasteiger partial charge in [-0.25, -0.2) is 8.78 Å². The minimum atomic E-state index is -1.02. The average molecular weight is 303 g/mol. The van der Waals surface area contributed by atoms with Crippen LogP contribution in [0, 0.1) is 23.1 Å². The molecule has 1 aromatic carbocycles. The number of carbonyl (C=O) groups excluding carboxylic acids is 1. The second-order valence-electron chi connectivity index (χ2n) is 4.91. The first-order chi connectivity index (χ1) is 10.4. The van der Waals surface area contributed by atoms with Gasteiger partial charge in [-0.15, -0.1) is 0 Å². The van der Waals surface area contributed by atoms with Crippen molar-refractivity contribution < 1.29 is 13.6 Å². The Morgan fingerprint density at radius 2 is 1.82 bits per heavy atom. The van der Waals surface area contributed by atoms with Crippen LogP contribution in [0.2, 0.25) is 0 Å². The predicted octanol–water partition coefficient (Wildman–Crippen LogP) is 2.18. The van der Waals surface area contributed by atoms with Gasteiger partial charge in [-0.1, -0.05) is 12.2 Å². The largest absolute Gasteiger partial charge is 0.401 e. The first-order valence-corrected chi connectivity index (χ1v) is 6.55. The maximum Gasteiger partial charge on any atom is 0.225 e. The molecule has 4 nitrogen and oxygen atoms in total. The van der Waals surface area contributed by atoms with Crippen LogP contribution in [-0.2, 0) is 4.79 Å². The SMILES string of the molecule is N=C(C=C(N)C1C(F)=CC=CC1C(N)=O)c1ccc(F)cc1. The second-order valence-corrected chi connectivity index (χ2v) is 4.91. The van der Waals surface area contributed by atoms with Crippen molar-refractivity contribution in [2.24, 2.45) is 23.3 Å². The first-order valence-electron chi connectivity index (χ1n) is 6.55. The molecule has 0 bridgehead atoms. The van der Waals surface area contributed by atoms with E-state index in [2.05, 4.69) is 0 Å². The van der Waals surface area contributed by atoms with Gasteiger partial charge in [0.1, 0.15) is 11.6 Å². The van der Waals surface area contributed by atoms with Crippen LogP contribution in [0.25, 0.3) is 0 Å². The fourth-order valence-electron chi connectivity index (χ4n) is 2.25. The number of hydrogen-bond donors (Lipinski definition) is 3. The highest BCUT2D eigenvalue weighted by Gasteiger charge is 2.32. The van der Waals surface area contributed by atoms with E-state index >= 15 is 0 Å². The Labute approximate surface area is 126 Å². The molecule has 0 fully saturated rings. The molecule has 0 radical (unpaired) electrons. The van der Waals surface area contributed by atoms with Crippen molar-refractivity contribution in [3.05, 3.63) is 71.5 Å². The van der Waals surface area contributed by atoms with Gasteiger partial charge in [-0.2, -0.15) is 0 Å². The summed E-state index contributed by atoms with van der Waals surface area (Å²) in [6.07, 6.45) is 5.32. The van der Waals surface area contributed by atoms with E-state index < -0.39 is 29.4 Å². The number of amides is 1. The molecule has 1 amide bonds. The van der Waals surface area contributed by atoms with Crippen molar-refractivity contribution in [3.8, 4) is 0 Å². The third kappa shape index (κ3) is 3.28. The minimum Gasteiger partial charge on any atom is -0.401 e. The molecule has 114 valence electrons. The molecule has 0 spiro atoms. The first kappa shape index (κ1) is 15.6. The number of rotatable bonds is 4. The van der Waals surface area contributed by atoms with E-state index in [1.807, 2.05) is 0 Å². The fourth-order valence-corrected chi connectivity index (χ4v) is 2.25. The number of hydrogen-bond acceptors (Lipinski definition) is 3. The third-order valence-corrected chi connectivity index (χ3v) is 3.38. The number of carbonyl (C=O) groups is 1. The molecule has 0 aromatic heterocycles. The van der Waals surface area contributed by atoms with Gasteiger partial charge >= 0.3 is 0 Å². The fraction of sp³-hybridized carbons (Fsp3) is 0.125. The summed E-state index contributed by atoms with van der Waals surface area (Å²) < 4.78 is 26.8. The number of benzene rings is 1. The normalized spacial score (nSPS) is 21.4. The van der Waals surface area contributed by atoms with Gasteiger partial charge in [0.2, 0.25) is 5.91 Å². The van der Waals surface area contributed by atoms with Gasteiger partial charge in [0.05, 0.1) is 17.5 Å². The zero-order chi connectivity index (χ0) is 16.3. The van der Waals surface area contributed by atoms with Crippen molar-refractivity contribution in [2.75, 3.05) is 0 Å². The minimum absolute atomic E-state index is 0.0104. The number of allylic oxidation sites excluding steroid dienone is 4. The summed E-state index contributed by atoms with van der Waals surface area (Å²) in [5, 5.41) is 7.93. The van der Waals surface area contributed by atoms with Crippen LogP contribution in [-0.4, -0.2) is 11.6 Å². The molecule has 1 aliphatic carbocycles. The Kier molecular flexibility index (Phi) is 4.50. The lowest BCUT2D eigenvalue weighted by molar-refractivity contribution is -0.121. The van der Waals surface area contributed by atoms with Crippen LogP contribution in [0.5, 0.6) is 0 Å². The Balaban J connectivity index is 2.28. The summed E-state index contributed by atoms with van der Waals surface area (Å²) in [4.78, 5) is 11.4. The summed E-state index contributed by atoms with van der Waals surface area (Å²) in [6, 6.07) is 5.26. The lowest BCUT2D eigenvalue weighted by Crippen LogP contribution is -2.33. The summed E-state index contributed by atoms with van der Waals surface area (Å²) >= 11 is 0. The molecule has 0 saturated carbocycles. The molecule has 0 aliphatic heterocycles. The lowest BCUT2D eigenvalue weighted by Gasteiger charge is -2.23. The zero-order valence-electron chi connectivity index (χ0n) is 11.6. The molecular weight excluding hydrogens is 288 g/mol. The number of halogens is 2. The molecule has 1 aromatic rings. The number of primary amides is 1. The highest BCUT2D eigenvalue weighted by Crippen LogP contribution is 2.31. The van der Waals surface area contributed by atoms with Crippen molar-refractivity contribution in [1.29, 1.82) is 5.41 Å². The zero-order valence-corrected chi connectivity index (χ0v) is 11.6. The highest BCUT2D eigenvalue weighted by atomic mass is 19.1. The summed E-state index contributed by atoms with van der Waals surface area (Å²) in [7, 11) is 0. The van der Waals surface area contributed by atoms with Gasteiger partial charge in [0, 0.05) is 5.70 Å². The molecule has 0 heterocycles. The van der Waals surface area contributed by atoms with Crippen LogP contribution in [0.4, 0.5) is 8.78 Å². The van der Waals surface area contributed by atoms with Crippen molar-refractivity contribution in [1.82, 2.24) is 0 Å². The molecule has 0 saturated heterocycles. The standard InChI is InChI=1S/C16H15F2N3O/c17-10-6-4-9(5-7-10)13(19)8-14(20)15-11(16(21)22)2-1-3-12(15)18/h1-8,11,15,19H,20H2,(H2,21,22). The van der Waals surface area contributed by atoms with E-state index in [-0.39, 0.29) is 11.4 Å². The quantitative estimate of drug-likeness (QED) is 0.744. The highest BCUT2D eigenvalue weighted by molar-refractivity contribution is 6.06. The van der Waals surface area contributed by atoms with Crippen molar-refractivity contribution in [3.63, 3.8) is 0 Å². The van der Waals surface area contributed by atoms with Crippen molar-refractivity contribution in [2.45, 2.75) is 0 Å². The van der Waals surface area contributed by atoms with Gasteiger partial charge in [0.15, 0.2) is 0 Å². The van der Waals surface area contributed by atoms with Crippen LogP contribution in [0.1, 0.15) is 5.56 Å². The van der Waals surface area contributed by atoms with E-state index in [0.29, 0.717) is 5.56 Å². The van der Waals surface area contributed by atoms with E-state index in [0.717, 1.165) is 0 Å². The Morgan fingerprint density at radius 3 is 2.41 bits per heavy atom. The topological polar surface area (TPSA) is 93.0 Å². The monoisotopic (exact) mass is 303 g/mol. The second kappa shape index (κ2) is 6.34. The summed E-state index contributed by atoms with van der Waals surface area (Å²) in [6.45, 7) is 0. The van der Waals surface area contributed by atoms with Crippen LogP contribution < -0.4 is 11.5 Å². The maximum absolute atomic E-state index is 14.0. The molecule has 2 atom stereocenters. The molecule has 2 rings (SSSR count). The molecule has 5 N–H and O–H groups in total. The van der Waals surface area contributed by atoms with Gasteiger partial charge in [0.25, 0.3) is 0 Å². The number of nitrogens with one attached hydrogen (secondary N) is 1. The molecular formula is C16H15F2N3O. The lowest BCUT2D eigenvalue weighted by atomic mass is 9.84. The maximum atomic E-state index is 14.0. The summed E-state index contributed by atoms with van der Waals surface area (Å²) in [5.74, 6) is -3.64. The Bertz CT molecular complexity index is 690. The summed E-state index contributed by atoms with van der Waals surface area (Å²) in [5.41, 5.74) is 11.5. The van der Waals surface area contributed by atoms with Gasteiger partial charge in [-0.05, 0) is 42.0 Å². The smallest absolute Gasteiger partial charge is 0.225 e. The van der Waals surface area contributed by atoms with E-state index in [1.54, 1.807) is 0 Å². The predicted molar refractivity (Wildman–Crippen MR) is 80.0 cm³/mol. The van der Waals surface area contributed by atoms with Crippen LogP contribution >= 0.6 is 0 Å². The van der Waals surface area contributed by atoms with E-state index in [1.165, 1.54) is 48.6 Å². The Hall–Kier alpha value is -2.76. The van der Waals surface area contributed by atoms with Gasteiger partial charge in [-0.3, -0.25) is 4.79 Å². The van der Waals surface area contributed by atoms with E-state index in [9.17, 15) is 13.6 Å². The van der Waals surface area contributed by atoms with E-state index in [4.69, 9.17) is 16.9 Å². The average Bonchev–Trinajstić information content (AvgIpc) is 2.47. The molecule has 1 aliphatic rings. The van der Waals surface area contributed by atoms with Crippen LogP contribution in [0.3, 0.4) is 0 Å². The third-order valence-electron chi connectivity index (χ3n) is 3.38. The Morgan fingerprint density at radius 1 is 1.18 bits per heavy atom. The molecule has 22 heavy (non-hydrogen) atoms. The van der Waals surface area contributed by atoms with Gasteiger partial charge < -0.3 is 16.9 Å². The molecule has 6 heteroatoms. The molecule has 2 unspecified atom stereocenters. The van der Waals surface area contributed by atoms with Crippen LogP contribution in [0.15, 0.2) is 60.1 Å².